The van der Waals surface area contributed by atoms with E-state index < -0.39 is 5.97 Å². The number of hydrogen-bond donors (Lipinski definition) is 3. The van der Waals surface area contributed by atoms with Gasteiger partial charge in [0.15, 0.2) is 0 Å². The van der Waals surface area contributed by atoms with Gasteiger partial charge in [-0.1, -0.05) is 18.2 Å². The van der Waals surface area contributed by atoms with Crippen molar-refractivity contribution in [2.75, 3.05) is 0 Å². The van der Waals surface area contributed by atoms with Crippen molar-refractivity contribution in [3.05, 3.63) is 48.0 Å². The number of carboxylic acid groups (broad SMARTS) is 1. The van der Waals surface area contributed by atoms with Crippen LogP contribution in [-0.4, -0.2) is 21.3 Å². The van der Waals surface area contributed by atoms with Crippen LogP contribution in [0.15, 0.2) is 42.5 Å². The Labute approximate surface area is 97.4 Å². The van der Waals surface area contributed by atoms with E-state index in [0.29, 0.717) is 5.56 Å². The van der Waals surface area contributed by atoms with Gasteiger partial charge in [0.05, 0.1) is 0 Å². The molecule has 0 fully saturated rings. The van der Waals surface area contributed by atoms with Crippen LogP contribution in [0.1, 0.15) is 10.4 Å². The average molecular weight is 230 g/mol. The molecule has 0 aromatic heterocycles. The van der Waals surface area contributed by atoms with E-state index in [9.17, 15) is 9.90 Å². The smallest absolute Gasteiger partial charge is 0.339 e. The van der Waals surface area contributed by atoms with Gasteiger partial charge in [0, 0.05) is 0 Å². The Hall–Kier alpha value is -2.49. The highest BCUT2D eigenvalue weighted by Crippen LogP contribution is 2.27. The average Bonchev–Trinajstić information content (AvgIpc) is 2.29. The molecule has 0 saturated carbocycles. The minimum atomic E-state index is -1.17. The Morgan fingerprint density at radius 3 is 2.00 bits per heavy atom. The second kappa shape index (κ2) is 4.17. The van der Waals surface area contributed by atoms with Gasteiger partial charge >= 0.3 is 5.97 Å². The molecule has 0 aliphatic heterocycles. The normalized spacial score (nSPS) is 10.1. The summed E-state index contributed by atoms with van der Waals surface area (Å²) in [6.45, 7) is 0. The molecular weight excluding hydrogens is 220 g/mol. The van der Waals surface area contributed by atoms with Crippen LogP contribution in [0.2, 0.25) is 0 Å². The van der Waals surface area contributed by atoms with E-state index in [1.807, 2.05) is 0 Å². The molecule has 86 valence electrons. The highest BCUT2D eigenvalue weighted by atomic mass is 16.4. The van der Waals surface area contributed by atoms with Crippen LogP contribution in [0.25, 0.3) is 11.1 Å². The van der Waals surface area contributed by atoms with Gasteiger partial charge < -0.3 is 15.3 Å². The monoisotopic (exact) mass is 230 g/mol. The molecule has 4 nitrogen and oxygen atoms in total. The third-order valence-electron chi connectivity index (χ3n) is 2.43. The molecule has 0 spiro atoms. The SMILES string of the molecule is O=C(O)c1ccc(-c2ccc(O)cc2)cc1O. The summed E-state index contributed by atoms with van der Waals surface area (Å²) in [6.07, 6.45) is 0. The number of hydrogen-bond acceptors (Lipinski definition) is 3. The maximum atomic E-state index is 10.7. The summed E-state index contributed by atoms with van der Waals surface area (Å²) in [7, 11) is 0. The maximum Gasteiger partial charge on any atom is 0.339 e. The Bertz CT molecular complexity index is 558. The zero-order valence-corrected chi connectivity index (χ0v) is 8.79. The molecule has 0 saturated heterocycles. The van der Waals surface area contributed by atoms with Crippen molar-refractivity contribution < 1.29 is 20.1 Å². The van der Waals surface area contributed by atoms with Crippen LogP contribution in [0.4, 0.5) is 0 Å². The molecule has 0 heterocycles. The first-order valence-electron chi connectivity index (χ1n) is 4.93. The van der Waals surface area contributed by atoms with Gasteiger partial charge in [0.25, 0.3) is 0 Å². The highest BCUT2D eigenvalue weighted by Gasteiger charge is 2.10. The summed E-state index contributed by atoms with van der Waals surface area (Å²) in [6, 6.07) is 10.8. The molecule has 4 heteroatoms. The van der Waals surface area contributed by atoms with Crippen LogP contribution < -0.4 is 0 Å². The lowest BCUT2D eigenvalue weighted by molar-refractivity contribution is 0.0694. The number of aromatic carboxylic acids is 1. The minimum absolute atomic E-state index is 0.132. The van der Waals surface area contributed by atoms with Crippen molar-refractivity contribution in [2.24, 2.45) is 0 Å². The summed E-state index contributed by atoms with van der Waals surface area (Å²) < 4.78 is 0. The van der Waals surface area contributed by atoms with Gasteiger partial charge in [-0.3, -0.25) is 0 Å². The molecular formula is C13H10O4. The molecule has 0 amide bonds. The Kier molecular flexibility index (Phi) is 2.70. The van der Waals surface area contributed by atoms with Gasteiger partial charge in [0.1, 0.15) is 17.1 Å². The van der Waals surface area contributed by atoms with E-state index in [-0.39, 0.29) is 17.1 Å². The summed E-state index contributed by atoms with van der Waals surface area (Å²) in [4.78, 5) is 10.7. The molecule has 17 heavy (non-hydrogen) atoms. The minimum Gasteiger partial charge on any atom is -0.508 e. The first-order chi connectivity index (χ1) is 8.08. The van der Waals surface area contributed by atoms with Crippen LogP contribution >= 0.6 is 0 Å². The third kappa shape index (κ3) is 2.20. The number of phenols is 2. The standard InChI is InChI=1S/C13H10O4/c14-10-4-1-8(2-5-10)9-3-6-11(13(16)17)12(15)7-9/h1-7,14-15H,(H,16,17). The van der Waals surface area contributed by atoms with Crippen molar-refractivity contribution in [2.45, 2.75) is 0 Å². The third-order valence-corrected chi connectivity index (χ3v) is 2.43. The van der Waals surface area contributed by atoms with E-state index in [1.54, 1.807) is 18.2 Å². The molecule has 0 radical (unpaired) electrons. The molecule has 2 rings (SSSR count). The van der Waals surface area contributed by atoms with Crippen LogP contribution in [-0.2, 0) is 0 Å². The van der Waals surface area contributed by atoms with E-state index in [0.717, 1.165) is 5.56 Å². The second-order valence-corrected chi connectivity index (χ2v) is 3.58. The Morgan fingerprint density at radius 1 is 0.882 bits per heavy atom. The van der Waals surface area contributed by atoms with Crippen molar-refractivity contribution in [1.82, 2.24) is 0 Å². The molecule has 0 aliphatic carbocycles. The summed E-state index contributed by atoms with van der Waals surface area (Å²) in [5.41, 5.74) is 1.34. The van der Waals surface area contributed by atoms with Gasteiger partial charge in [0.2, 0.25) is 0 Å². The van der Waals surface area contributed by atoms with E-state index in [1.165, 1.54) is 24.3 Å². The van der Waals surface area contributed by atoms with Crippen molar-refractivity contribution in [1.29, 1.82) is 0 Å². The number of carboxylic acids is 1. The quantitative estimate of drug-likeness (QED) is 0.740. The van der Waals surface area contributed by atoms with Crippen molar-refractivity contribution in [3.63, 3.8) is 0 Å². The molecule has 0 bridgehead atoms. The molecule has 0 aliphatic rings. The number of aromatic hydroxyl groups is 2. The number of carbonyl (C=O) groups is 1. The van der Waals surface area contributed by atoms with Crippen LogP contribution in [0, 0.1) is 0 Å². The highest BCUT2D eigenvalue weighted by molar-refractivity contribution is 5.91. The van der Waals surface area contributed by atoms with E-state index in [4.69, 9.17) is 10.2 Å². The fourth-order valence-electron chi connectivity index (χ4n) is 1.55. The lowest BCUT2D eigenvalue weighted by Gasteiger charge is -2.05. The summed E-state index contributed by atoms with van der Waals surface area (Å²) in [5.74, 6) is -1.29. The number of benzene rings is 2. The molecule has 3 N–H and O–H groups in total. The maximum absolute atomic E-state index is 10.7. The predicted molar refractivity (Wildman–Crippen MR) is 62.2 cm³/mol. The van der Waals surface area contributed by atoms with Gasteiger partial charge in [-0.15, -0.1) is 0 Å². The van der Waals surface area contributed by atoms with Gasteiger partial charge in [-0.05, 0) is 35.4 Å². The number of phenolic OH excluding ortho intramolecular Hbond substituents is 1. The fourth-order valence-corrected chi connectivity index (χ4v) is 1.55. The van der Waals surface area contributed by atoms with E-state index in [2.05, 4.69) is 0 Å². The number of rotatable bonds is 2. The Morgan fingerprint density at radius 2 is 1.47 bits per heavy atom. The van der Waals surface area contributed by atoms with Crippen LogP contribution in [0.5, 0.6) is 11.5 Å². The first kappa shape index (κ1) is 11.0. The lowest BCUT2D eigenvalue weighted by Crippen LogP contribution is -1.96. The summed E-state index contributed by atoms with van der Waals surface area (Å²) in [5, 5.41) is 27.5. The van der Waals surface area contributed by atoms with Gasteiger partial charge in [-0.2, -0.15) is 0 Å². The fraction of sp³-hybridized carbons (Fsp3) is 0. The summed E-state index contributed by atoms with van der Waals surface area (Å²) >= 11 is 0. The van der Waals surface area contributed by atoms with Crippen molar-refractivity contribution in [3.8, 4) is 22.6 Å². The zero-order chi connectivity index (χ0) is 12.4. The lowest BCUT2D eigenvalue weighted by atomic mass is 10.0. The molecule has 2 aromatic rings. The van der Waals surface area contributed by atoms with Gasteiger partial charge in [-0.25, -0.2) is 4.79 Å². The topological polar surface area (TPSA) is 77.8 Å². The van der Waals surface area contributed by atoms with Crippen molar-refractivity contribution >= 4 is 5.97 Å². The van der Waals surface area contributed by atoms with E-state index >= 15 is 0 Å². The first-order valence-corrected chi connectivity index (χ1v) is 4.93. The largest absolute Gasteiger partial charge is 0.508 e. The second-order valence-electron chi connectivity index (χ2n) is 3.58. The Balaban J connectivity index is 2.44. The molecule has 0 unspecified atom stereocenters. The molecule has 0 atom stereocenters. The zero-order valence-electron chi connectivity index (χ0n) is 8.79. The predicted octanol–water partition coefficient (Wildman–Crippen LogP) is 2.46. The van der Waals surface area contributed by atoms with Crippen LogP contribution in [0.3, 0.4) is 0 Å². The molecule has 2 aromatic carbocycles.